The summed E-state index contributed by atoms with van der Waals surface area (Å²) in [6.45, 7) is 4.26. The first kappa shape index (κ1) is 10.4. The van der Waals surface area contributed by atoms with Gasteiger partial charge in [-0.05, 0) is 32.8 Å². The van der Waals surface area contributed by atoms with E-state index in [0.717, 1.165) is 15.4 Å². The van der Waals surface area contributed by atoms with Gasteiger partial charge < -0.3 is 4.98 Å². The van der Waals surface area contributed by atoms with Crippen LogP contribution in [0.3, 0.4) is 0 Å². The molecule has 1 heterocycles. The van der Waals surface area contributed by atoms with E-state index in [1.807, 2.05) is 12.1 Å². The van der Waals surface area contributed by atoms with Gasteiger partial charge in [-0.25, -0.2) is 0 Å². The molecular formula is C12H12BrNO. The predicted octanol–water partition coefficient (Wildman–Crippen LogP) is 3.41. The van der Waals surface area contributed by atoms with Crippen molar-refractivity contribution in [3.05, 3.63) is 44.8 Å². The molecule has 3 heteroatoms. The molecule has 1 N–H and O–H groups in total. The van der Waals surface area contributed by atoms with Crippen LogP contribution in [-0.2, 0) is 0 Å². The smallest absolute Gasteiger partial charge is 0.249 e. The minimum Gasteiger partial charge on any atom is -0.316 e. The summed E-state index contributed by atoms with van der Waals surface area (Å²) in [5, 5.41) is 2.09. The van der Waals surface area contributed by atoms with Gasteiger partial charge in [0.1, 0.15) is 0 Å². The fourth-order valence-electron chi connectivity index (χ4n) is 1.78. The van der Waals surface area contributed by atoms with Gasteiger partial charge >= 0.3 is 0 Å². The highest BCUT2D eigenvalue weighted by Gasteiger charge is 2.07. The standard InChI is InChI=1S/C12H12BrNO/c1-7(2)8-4-3-5-9-10(8)6-11(15)14-12(9)13/h3-7H,1-2H3,(H,14,15). The Bertz CT molecular complexity index is 557. The molecule has 0 radical (unpaired) electrons. The number of aromatic nitrogens is 1. The number of pyridine rings is 1. The number of fused-ring (bicyclic) bond motifs is 1. The molecule has 0 spiro atoms. The summed E-state index contributed by atoms with van der Waals surface area (Å²) in [4.78, 5) is 14.1. The number of hydrogen-bond acceptors (Lipinski definition) is 1. The molecule has 0 saturated carbocycles. The third kappa shape index (κ3) is 1.84. The third-order valence-corrected chi connectivity index (χ3v) is 3.13. The maximum atomic E-state index is 11.4. The van der Waals surface area contributed by atoms with Crippen molar-refractivity contribution in [2.24, 2.45) is 0 Å². The molecule has 78 valence electrons. The Balaban J connectivity index is 2.91. The van der Waals surface area contributed by atoms with Gasteiger partial charge in [-0.3, -0.25) is 4.79 Å². The predicted molar refractivity (Wildman–Crippen MR) is 66.4 cm³/mol. The zero-order valence-corrected chi connectivity index (χ0v) is 10.3. The van der Waals surface area contributed by atoms with Gasteiger partial charge in [0.05, 0.1) is 4.60 Å². The van der Waals surface area contributed by atoms with Gasteiger partial charge in [0.2, 0.25) is 5.56 Å². The van der Waals surface area contributed by atoms with Crippen molar-refractivity contribution in [2.75, 3.05) is 0 Å². The number of rotatable bonds is 1. The van der Waals surface area contributed by atoms with Gasteiger partial charge in [-0.15, -0.1) is 0 Å². The van der Waals surface area contributed by atoms with Gasteiger partial charge in [0, 0.05) is 11.5 Å². The molecule has 0 amide bonds. The summed E-state index contributed by atoms with van der Waals surface area (Å²) in [5.74, 6) is 0.419. The molecule has 2 nitrogen and oxygen atoms in total. The lowest BCUT2D eigenvalue weighted by Gasteiger charge is -2.10. The summed E-state index contributed by atoms with van der Waals surface area (Å²) in [6, 6.07) is 7.75. The van der Waals surface area contributed by atoms with Crippen LogP contribution in [0.15, 0.2) is 33.7 Å². The molecular weight excluding hydrogens is 254 g/mol. The Labute approximate surface area is 96.5 Å². The van der Waals surface area contributed by atoms with E-state index in [-0.39, 0.29) is 5.56 Å². The quantitative estimate of drug-likeness (QED) is 0.788. The minimum atomic E-state index is -0.0672. The highest BCUT2D eigenvalue weighted by molar-refractivity contribution is 9.10. The topological polar surface area (TPSA) is 32.9 Å². The normalized spacial score (nSPS) is 11.2. The van der Waals surface area contributed by atoms with Crippen LogP contribution < -0.4 is 5.56 Å². The summed E-state index contributed by atoms with van der Waals surface area (Å²) >= 11 is 3.38. The lowest BCUT2D eigenvalue weighted by atomic mass is 9.97. The summed E-state index contributed by atoms with van der Waals surface area (Å²) in [7, 11) is 0. The van der Waals surface area contributed by atoms with Crippen LogP contribution in [0.5, 0.6) is 0 Å². The fourth-order valence-corrected chi connectivity index (χ4v) is 2.32. The van der Waals surface area contributed by atoms with Crippen molar-refractivity contribution in [1.82, 2.24) is 4.98 Å². The molecule has 0 unspecified atom stereocenters. The van der Waals surface area contributed by atoms with Crippen molar-refractivity contribution in [1.29, 1.82) is 0 Å². The van der Waals surface area contributed by atoms with E-state index in [4.69, 9.17) is 0 Å². The number of H-pyrrole nitrogens is 1. The van der Waals surface area contributed by atoms with Crippen LogP contribution in [0.25, 0.3) is 10.8 Å². The number of benzene rings is 1. The first-order chi connectivity index (χ1) is 7.09. The molecule has 1 aromatic carbocycles. The highest BCUT2D eigenvalue weighted by Crippen LogP contribution is 2.27. The lowest BCUT2D eigenvalue weighted by Crippen LogP contribution is -2.05. The van der Waals surface area contributed by atoms with Crippen LogP contribution in [0.1, 0.15) is 25.3 Å². The van der Waals surface area contributed by atoms with Gasteiger partial charge in [-0.2, -0.15) is 0 Å². The van der Waals surface area contributed by atoms with E-state index in [9.17, 15) is 4.79 Å². The van der Waals surface area contributed by atoms with Crippen molar-refractivity contribution in [3.63, 3.8) is 0 Å². The van der Waals surface area contributed by atoms with Crippen LogP contribution in [0.2, 0.25) is 0 Å². The summed E-state index contributed by atoms with van der Waals surface area (Å²) < 4.78 is 0.757. The van der Waals surface area contributed by atoms with E-state index in [0.29, 0.717) is 5.92 Å². The molecule has 1 aromatic heterocycles. The van der Waals surface area contributed by atoms with Crippen molar-refractivity contribution < 1.29 is 0 Å². The second-order valence-electron chi connectivity index (χ2n) is 3.91. The Kier molecular flexibility index (Phi) is 2.65. The number of nitrogens with one attached hydrogen (secondary N) is 1. The van der Waals surface area contributed by atoms with E-state index >= 15 is 0 Å². The first-order valence-electron chi connectivity index (χ1n) is 4.91. The van der Waals surface area contributed by atoms with Crippen LogP contribution in [-0.4, -0.2) is 4.98 Å². The van der Waals surface area contributed by atoms with Gasteiger partial charge in [-0.1, -0.05) is 32.0 Å². The monoisotopic (exact) mass is 265 g/mol. The number of aromatic amines is 1. The maximum absolute atomic E-state index is 11.4. The van der Waals surface area contributed by atoms with Gasteiger partial charge in [0.25, 0.3) is 0 Å². The summed E-state index contributed by atoms with van der Waals surface area (Å²) in [5.41, 5.74) is 1.14. The van der Waals surface area contributed by atoms with Gasteiger partial charge in [0.15, 0.2) is 0 Å². The Morgan fingerprint density at radius 3 is 2.67 bits per heavy atom. The van der Waals surface area contributed by atoms with Crippen molar-refractivity contribution in [2.45, 2.75) is 19.8 Å². The molecule has 15 heavy (non-hydrogen) atoms. The van der Waals surface area contributed by atoms with E-state index < -0.39 is 0 Å². The molecule has 0 bridgehead atoms. The zero-order chi connectivity index (χ0) is 11.0. The van der Waals surface area contributed by atoms with E-state index in [1.165, 1.54) is 5.56 Å². The second-order valence-corrected chi connectivity index (χ2v) is 4.70. The minimum absolute atomic E-state index is 0.0672. The van der Waals surface area contributed by atoms with Crippen molar-refractivity contribution in [3.8, 4) is 0 Å². The maximum Gasteiger partial charge on any atom is 0.249 e. The molecule has 0 saturated heterocycles. The molecule has 2 rings (SSSR count). The lowest BCUT2D eigenvalue weighted by molar-refractivity contribution is 0.876. The largest absolute Gasteiger partial charge is 0.316 e. The fraction of sp³-hybridized carbons (Fsp3) is 0.250. The first-order valence-corrected chi connectivity index (χ1v) is 5.70. The molecule has 0 aliphatic rings. The van der Waals surface area contributed by atoms with Crippen LogP contribution in [0.4, 0.5) is 0 Å². The number of halogens is 1. The molecule has 2 aromatic rings. The molecule has 0 fully saturated rings. The zero-order valence-electron chi connectivity index (χ0n) is 8.67. The summed E-state index contributed by atoms with van der Waals surface area (Å²) in [6.07, 6.45) is 0. The number of hydrogen-bond donors (Lipinski definition) is 1. The highest BCUT2D eigenvalue weighted by atomic mass is 79.9. The van der Waals surface area contributed by atoms with Crippen LogP contribution in [0, 0.1) is 0 Å². The van der Waals surface area contributed by atoms with E-state index in [2.05, 4.69) is 40.8 Å². The Morgan fingerprint density at radius 1 is 1.27 bits per heavy atom. The van der Waals surface area contributed by atoms with Crippen molar-refractivity contribution >= 4 is 26.7 Å². The molecule has 0 atom stereocenters. The van der Waals surface area contributed by atoms with E-state index in [1.54, 1.807) is 6.07 Å². The molecule has 0 aliphatic carbocycles. The Morgan fingerprint density at radius 2 is 2.00 bits per heavy atom. The SMILES string of the molecule is CC(C)c1cccc2c(Br)[nH]c(=O)cc12. The Hall–Kier alpha value is -1.09. The average Bonchev–Trinajstić information content (AvgIpc) is 2.16. The van der Waals surface area contributed by atoms with Crippen LogP contribution >= 0.6 is 15.9 Å². The molecule has 0 aliphatic heterocycles. The average molecular weight is 266 g/mol. The third-order valence-electron chi connectivity index (χ3n) is 2.51. The second kappa shape index (κ2) is 3.81.